The molecule has 4 heteroatoms. The molecule has 19 heavy (non-hydrogen) atoms. The van der Waals surface area contributed by atoms with E-state index in [4.69, 9.17) is 5.73 Å². The fourth-order valence-electron chi connectivity index (χ4n) is 2.15. The van der Waals surface area contributed by atoms with Crippen LogP contribution in [0.2, 0.25) is 0 Å². The summed E-state index contributed by atoms with van der Waals surface area (Å²) < 4.78 is 1.91. The van der Waals surface area contributed by atoms with Crippen LogP contribution in [0.1, 0.15) is 26.7 Å². The van der Waals surface area contributed by atoms with Gasteiger partial charge in [-0.15, -0.1) is 0 Å². The third-order valence-electron chi connectivity index (χ3n) is 3.54. The van der Waals surface area contributed by atoms with Crippen LogP contribution in [0.5, 0.6) is 0 Å². The average Bonchev–Trinajstić information content (AvgIpc) is 2.42. The van der Waals surface area contributed by atoms with Gasteiger partial charge in [-0.3, -0.25) is 9.48 Å². The molecule has 2 rings (SSSR count). The van der Waals surface area contributed by atoms with Crippen molar-refractivity contribution in [2.24, 2.45) is 11.1 Å². The zero-order valence-electron chi connectivity index (χ0n) is 11.6. The number of nitrogens with two attached hydrogens (primary N) is 1. The first kappa shape index (κ1) is 13.7. The van der Waals surface area contributed by atoms with Gasteiger partial charge in [0, 0.05) is 11.9 Å². The highest BCUT2D eigenvalue weighted by molar-refractivity contribution is 5.77. The Hall–Kier alpha value is -1.68. The summed E-state index contributed by atoms with van der Waals surface area (Å²) in [6.45, 7) is 5.84. The van der Waals surface area contributed by atoms with Gasteiger partial charge in [0.25, 0.3) is 0 Å². The van der Waals surface area contributed by atoms with E-state index in [0.29, 0.717) is 6.54 Å². The van der Waals surface area contributed by atoms with Gasteiger partial charge < -0.3 is 5.73 Å². The van der Waals surface area contributed by atoms with E-state index in [2.05, 4.69) is 18.9 Å². The largest absolute Gasteiger partial charge is 0.330 e. The number of fused-ring (bicyclic) bond motifs is 1. The molecule has 0 aliphatic heterocycles. The van der Waals surface area contributed by atoms with Crippen molar-refractivity contribution in [2.45, 2.75) is 33.2 Å². The third kappa shape index (κ3) is 3.20. The Labute approximate surface area is 113 Å². The second-order valence-corrected chi connectivity index (χ2v) is 5.72. The predicted molar refractivity (Wildman–Crippen MR) is 78.1 cm³/mol. The molecule has 102 valence electrons. The van der Waals surface area contributed by atoms with E-state index in [1.54, 1.807) is 0 Å². The summed E-state index contributed by atoms with van der Waals surface area (Å²) in [6.07, 6.45) is 3.45. The second kappa shape index (κ2) is 5.53. The zero-order chi connectivity index (χ0) is 13.9. The van der Waals surface area contributed by atoms with Gasteiger partial charge in [0.2, 0.25) is 5.43 Å². The van der Waals surface area contributed by atoms with Gasteiger partial charge in [0.15, 0.2) is 0 Å². The summed E-state index contributed by atoms with van der Waals surface area (Å²) in [4.78, 5) is 11.7. The molecule has 0 atom stereocenters. The van der Waals surface area contributed by atoms with Crippen LogP contribution < -0.4 is 11.2 Å². The van der Waals surface area contributed by atoms with Gasteiger partial charge in [0.1, 0.15) is 0 Å². The van der Waals surface area contributed by atoms with Crippen LogP contribution in [-0.2, 0) is 6.54 Å². The second-order valence-electron chi connectivity index (χ2n) is 5.72. The summed E-state index contributed by atoms with van der Waals surface area (Å²) in [5, 5.41) is 4.96. The van der Waals surface area contributed by atoms with E-state index in [1.807, 2.05) is 28.9 Å². The molecule has 1 aromatic carbocycles. The highest BCUT2D eigenvalue weighted by Gasteiger charge is 2.14. The number of hydrogen-bond acceptors (Lipinski definition) is 3. The molecule has 0 amide bonds. The minimum Gasteiger partial charge on any atom is -0.330 e. The summed E-state index contributed by atoms with van der Waals surface area (Å²) in [7, 11) is 0. The lowest BCUT2D eigenvalue weighted by atomic mass is 9.88. The first-order chi connectivity index (χ1) is 9.03. The van der Waals surface area contributed by atoms with Crippen molar-refractivity contribution < 1.29 is 0 Å². The number of para-hydroxylation sites is 1. The van der Waals surface area contributed by atoms with Crippen LogP contribution in [0.4, 0.5) is 0 Å². The van der Waals surface area contributed by atoms with Crippen LogP contribution in [0.25, 0.3) is 10.9 Å². The predicted octanol–water partition coefficient (Wildman–Crippen LogP) is 2.16. The van der Waals surface area contributed by atoms with Crippen molar-refractivity contribution in [2.75, 3.05) is 6.54 Å². The van der Waals surface area contributed by atoms with Gasteiger partial charge >= 0.3 is 0 Å². The van der Waals surface area contributed by atoms with Crippen LogP contribution in [0, 0.1) is 5.41 Å². The zero-order valence-corrected chi connectivity index (χ0v) is 11.6. The van der Waals surface area contributed by atoms with E-state index in [1.165, 1.54) is 6.20 Å². The molecule has 0 fully saturated rings. The minimum atomic E-state index is -0.0193. The topological polar surface area (TPSA) is 60.9 Å². The minimum absolute atomic E-state index is 0.0193. The molecule has 1 aromatic heterocycles. The van der Waals surface area contributed by atoms with Crippen molar-refractivity contribution in [3.05, 3.63) is 40.7 Å². The van der Waals surface area contributed by atoms with E-state index >= 15 is 0 Å². The number of hydrogen-bond donors (Lipinski definition) is 1. The number of benzene rings is 1. The van der Waals surface area contributed by atoms with Gasteiger partial charge in [-0.05, 0) is 36.9 Å². The highest BCUT2D eigenvalue weighted by atomic mass is 16.1. The SMILES string of the molecule is CC(C)(CN)CCCn1ncc(=O)c2ccccc21. The number of rotatable bonds is 5. The van der Waals surface area contributed by atoms with Crippen molar-refractivity contribution in [3.8, 4) is 0 Å². The molecular formula is C15H21N3O. The Balaban J connectivity index is 2.18. The van der Waals surface area contributed by atoms with E-state index in [-0.39, 0.29) is 10.8 Å². The van der Waals surface area contributed by atoms with Gasteiger partial charge in [-0.1, -0.05) is 26.0 Å². The van der Waals surface area contributed by atoms with E-state index in [9.17, 15) is 4.79 Å². The Morgan fingerprint density at radius 3 is 2.79 bits per heavy atom. The molecule has 2 aromatic rings. The molecule has 0 radical (unpaired) electrons. The van der Waals surface area contributed by atoms with Crippen LogP contribution in [0.15, 0.2) is 35.3 Å². The highest BCUT2D eigenvalue weighted by Crippen LogP contribution is 2.21. The van der Waals surface area contributed by atoms with Crippen molar-refractivity contribution in [3.63, 3.8) is 0 Å². The molecule has 0 aliphatic rings. The number of aryl methyl sites for hydroxylation is 1. The fourth-order valence-corrected chi connectivity index (χ4v) is 2.15. The molecule has 0 unspecified atom stereocenters. The maximum absolute atomic E-state index is 11.7. The molecule has 2 N–H and O–H groups in total. The Bertz CT molecular complexity index is 616. The monoisotopic (exact) mass is 259 g/mol. The lowest BCUT2D eigenvalue weighted by molar-refractivity contribution is 0.325. The van der Waals surface area contributed by atoms with Crippen molar-refractivity contribution >= 4 is 10.9 Å². The number of aromatic nitrogens is 2. The summed E-state index contributed by atoms with van der Waals surface area (Å²) in [6, 6.07) is 7.60. The molecule has 0 spiro atoms. The van der Waals surface area contributed by atoms with Gasteiger partial charge in [0.05, 0.1) is 11.7 Å². The molecule has 0 aliphatic carbocycles. The fraction of sp³-hybridized carbons (Fsp3) is 0.467. The molecule has 0 saturated heterocycles. The lowest BCUT2D eigenvalue weighted by Crippen LogP contribution is -2.24. The summed E-state index contributed by atoms with van der Waals surface area (Å²) in [5.74, 6) is 0. The Morgan fingerprint density at radius 2 is 2.05 bits per heavy atom. The van der Waals surface area contributed by atoms with Crippen molar-refractivity contribution in [1.82, 2.24) is 9.78 Å². The standard InChI is InChI=1S/C15H21N3O/c1-15(2,11-16)8-5-9-18-13-7-4-3-6-12(13)14(19)10-17-18/h3-4,6-7,10H,5,8-9,11,16H2,1-2H3. The van der Waals surface area contributed by atoms with Crippen LogP contribution >= 0.6 is 0 Å². The number of nitrogens with zero attached hydrogens (tertiary/aromatic N) is 2. The first-order valence-electron chi connectivity index (χ1n) is 6.68. The normalized spacial score (nSPS) is 11.9. The molecule has 0 saturated carbocycles. The Kier molecular flexibility index (Phi) is 4.00. The maximum atomic E-state index is 11.7. The quantitative estimate of drug-likeness (QED) is 0.895. The van der Waals surface area contributed by atoms with Crippen molar-refractivity contribution in [1.29, 1.82) is 0 Å². The van der Waals surface area contributed by atoms with E-state index in [0.717, 1.165) is 30.3 Å². The van der Waals surface area contributed by atoms with Gasteiger partial charge in [-0.2, -0.15) is 5.10 Å². The smallest absolute Gasteiger partial charge is 0.207 e. The summed E-state index contributed by atoms with van der Waals surface area (Å²) in [5.41, 5.74) is 6.78. The lowest BCUT2D eigenvalue weighted by Gasteiger charge is -2.22. The maximum Gasteiger partial charge on any atom is 0.207 e. The third-order valence-corrected chi connectivity index (χ3v) is 3.54. The van der Waals surface area contributed by atoms with Gasteiger partial charge in [-0.25, -0.2) is 0 Å². The van der Waals surface area contributed by atoms with Crippen LogP contribution in [0.3, 0.4) is 0 Å². The molecular weight excluding hydrogens is 238 g/mol. The molecule has 0 bridgehead atoms. The first-order valence-corrected chi connectivity index (χ1v) is 6.68. The van der Waals surface area contributed by atoms with E-state index < -0.39 is 0 Å². The molecule has 1 heterocycles. The summed E-state index contributed by atoms with van der Waals surface area (Å²) >= 11 is 0. The average molecular weight is 259 g/mol. The van der Waals surface area contributed by atoms with Crippen LogP contribution in [-0.4, -0.2) is 16.3 Å². The Morgan fingerprint density at radius 1 is 1.32 bits per heavy atom. The molecule has 4 nitrogen and oxygen atoms in total.